The number of nitrogens with one attached hydrogen (secondary N) is 1. The number of tetrazole rings is 1. The highest BCUT2D eigenvalue weighted by Crippen LogP contribution is 2.34. The van der Waals surface area contributed by atoms with Crippen molar-refractivity contribution in [1.82, 2.24) is 40.4 Å². The minimum Gasteiger partial charge on any atom is -0.495 e. The van der Waals surface area contributed by atoms with E-state index in [0.29, 0.717) is 5.82 Å². The van der Waals surface area contributed by atoms with Gasteiger partial charge < -0.3 is 4.74 Å². The summed E-state index contributed by atoms with van der Waals surface area (Å²) in [5.41, 5.74) is 6.02. The Morgan fingerprint density at radius 2 is 1.55 bits per heavy atom. The molecule has 9 nitrogen and oxygen atoms in total. The molecule has 6 rings (SSSR count). The third-order valence-corrected chi connectivity index (χ3v) is 7.04. The molecule has 0 radical (unpaired) electrons. The van der Waals surface area contributed by atoms with Gasteiger partial charge in [0.05, 0.1) is 12.8 Å². The smallest absolute Gasteiger partial charge is 0.205 e. The third-order valence-electron chi connectivity index (χ3n) is 6.04. The minimum absolute atomic E-state index is 0.570. The summed E-state index contributed by atoms with van der Waals surface area (Å²) in [5, 5.41) is 24.4. The lowest BCUT2D eigenvalue weighted by Gasteiger charge is -2.14. The van der Waals surface area contributed by atoms with Crippen LogP contribution < -0.4 is 4.74 Å². The molecule has 10 heteroatoms. The fraction of sp³-hybridized carbons (Fsp3) is 0.0714. The van der Waals surface area contributed by atoms with Gasteiger partial charge in [0, 0.05) is 29.3 Å². The molecule has 0 aliphatic heterocycles. The van der Waals surface area contributed by atoms with Crippen molar-refractivity contribution in [2.24, 2.45) is 0 Å². The van der Waals surface area contributed by atoms with Crippen molar-refractivity contribution >= 4 is 11.8 Å². The summed E-state index contributed by atoms with van der Waals surface area (Å²) in [6.07, 6.45) is 3.50. The fourth-order valence-electron chi connectivity index (χ4n) is 4.22. The van der Waals surface area contributed by atoms with Gasteiger partial charge in [-0.1, -0.05) is 72.4 Å². The maximum Gasteiger partial charge on any atom is 0.205 e. The molecule has 0 saturated heterocycles. The van der Waals surface area contributed by atoms with Gasteiger partial charge in [0.25, 0.3) is 0 Å². The molecule has 186 valence electrons. The Balaban J connectivity index is 1.29. The van der Waals surface area contributed by atoms with Gasteiger partial charge in [0.1, 0.15) is 5.75 Å². The number of hydrogen-bond acceptors (Lipinski definition) is 8. The first kappa shape index (κ1) is 23.6. The molecule has 0 spiro atoms. The molecule has 3 aromatic heterocycles. The number of H-pyrrole nitrogens is 1. The average Bonchev–Trinajstić information content (AvgIpc) is 3.68. The minimum atomic E-state index is 0.570. The summed E-state index contributed by atoms with van der Waals surface area (Å²) in [5.74, 6) is 2.76. The van der Waals surface area contributed by atoms with E-state index in [9.17, 15) is 0 Å². The van der Waals surface area contributed by atoms with E-state index in [1.165, 1.54) is 0 Å². The van der Waals surface area contributed by atoms with E-state index >= 15 is 0 Å². The molecule has 0 bridgehead atoms. The molecule has 0 fully saturated rings. The largest absolute Gasteiger partial charge is 0.495 e. The number of ether oxygens (including phenoxy) is 1. The van der Waals surface area contributed by atoms with Crippen LogP contribution in [0.1, 0.15) is 5.56 Å². The lowest BCUT2D eigenvalue weighted by atomic mass is 9.98. The van der Waals surface area contributed by atoms with E-state index in [4.69, 9.17) is 4.74 Å². The van der Waals surface area contributed by atoms with Crippen molar-refractivity contribution in [2.75, 3.05) is 7.11 Å². The second-order valence-corrected chi connectivity index (χ2v) is 9.26. The fourth-order valence-corrected chi connectivity index (χ4v) is 5.12. The molecule has 3 aromatic carbocycles. The molecule has 0 unspecified atom stereocenters. The number of nitrogens with zero attached hydrogens (tertiary/aromatic N) is 7. The maximum atomic E-state index is 5.66. The Labute approximate surface area is 223 Å². The van der Waals surface area contributed by atoms with Crippen LogP contribution >= 0.6 is 11.8 Å². The van der Waals surface area contributed by atoms with Crippen LogP contribution in [0, 0.1) is 0 Å². The average molecular weight is 519 g/mol. The SMILES string of the molecule is COc1ccccc1-n1c(SCc2ccc(-c3ccccc3-c3nn[nH]n3)cc2)nnc1-c1ccncc1. The van der Waals surface area contributed by atoms with Crippen LogP contribution in [0.3, 0.4) is 0 Å². The summed E-state index contributed by atoms with van der Waals surface area (Å²) in [6, 6.07) is 28.2. The van der Waals surface area contributed by atoms with Crippen molar-refractivity contribution in [2.45, 2.75) is 10.9 Å². The molecular formula is C28H22N8OS. The topological polar surface area (TPSA) is 107 Å². The molecule has 0 atom stereocenters. The highest BCUT2D eigenvalue weighted by molar-refractivity contribution is 7.98. The molecule has 6 aromatic rings. The zero-order valence-electron chi connectivity index (χ0n) is 20.4. The van der Waals surface area contributed by atoms with Crippen molar-refractivity contribution in [3.63, 3.8) is 0 Å². The normalized spacial score (nSPS) is 11.0. The standard InChI is InChI=1S/C28H22N8OS/c1-37-25-9-5-4-8-24(25)36-27(21-14-16-29-17-15-21)32-33-28(36)38-18-19-10-12-20(13-11-19)22-6-2-3-7-23(22)26-30-34-35-31-26/h2-17H,18H2,1H3,(H,30,31,34,35). The number of hydrogen-bond donors (Lipinski definition) is 1. The summed E-state index contributed by atoms with van der Waals surface area (Å²) in [4.78, 5) is 4.14. The third kappa shape index (κ3) is 4.64. The van der Waals surface area contributed by atoms with Gasteiger partial charge in [-0.25, -0.2) is 0 Å². The molecule has 0 saturated carbocycles. The molecule has 0 amide bonds. The zero-order chi connectivity index (χ0) is 25.7. The van der Waals surface area contributed by atoms with Crippen LogP contribution in [0.2, 0.25) is 0 Å². The quantitative estimate of drug-likeness (QED) is 0.264. The second kappa shape index (κ2) is 10.7. The van der Waals surface area contributed by atoms with E-state index < -0.39 is 0 Å². The lowest BCUT2D eigenvalue weighted by Crippen LogP contribution is -2.02. The van der Waals surface area contributed by atoms with Crippen molar-refractivity contribution < 1.29 is 4.74 Å². The number of pyridine rings is 1. The lowest BCUT2D eigenvalue weighted by molar-refractivity contribution is 0.412. The van der Waals surface area contributed by atoms with Crippen molar-refractivity contribution in [1.29, 1.82) is 0 Å². The number of rotatable bonds is 8. The molecule has 0 aliphatic carbocycles. The van der Waals surface area contributed by atoms with Gasteiger partial charge in [-0.3, -0.25) is 9.55 Å². The number of para-hydroxylation sites is 2. The van der Waals surface area contributed by atoms with Gasteiger partial charge in [-0.15, -0.1) is 20.4 Å². The Hall–Kier alpha value is -4.83. The number of methoxy groups -OCH3 is 1. The van der Waals surface area contributed by atoms with E-state index in [1.807, 2.05) is 59.2 Å². The van der Waals surface area contributed by atoms with Crippen LogP contribution in [0.25, 0.3) is 39.6 Å². The summed E-state index contributed by atoms with van der Waals surface area (Å²) in [7, 11) is 1.67. The van der Waals surface area contributed by atoms with Gasteiger partial charge in [0.15, 0.2) is 11.0 Å². The summed E-state index contributed by atoms with van der Waals surface area (Å²) >= 11 is 1.62. The molecule has 1 N–H and O–H groups in total. The Kier molecular flexibility index (Phi) is 6.60. The predicted octanol–water partition coefficient (Wildman–Crippen LogP) is 5.48. The first-order valence-electron chi connectivity index (χ1n) is 11.9. The molecule has 38 heavy (non-hydrogen) atoms. The number of thioether (sulfide) groups is 1. The number of benzene rings is 3. The highest BCUT2D eigenvalue weighted by Gasteiger charge is 2.19. The van der Waals surface area contributed by atoms with Crippen LogP contribution in [-0.4, -0.2) is 47.5 Å². The van der Waals surface area contributed by atoms with Gasteiger partial charge in [-0.05, 0) is 46.2 Å². The predicted molar refractivity (Wildman–Crippen MR) is 146 cm³/mol. The van der Waals surface area contributed by atoms with Gasteiger partial charge in [-0.2, -0.15) is 5.21 Å². The molecule has 3 heterocycles. The van der Waals surface area contributed by atoms with E-state index in [1.54, 1.807) is 31.3 Å². The van der Waals surface area contributed by atoms with Crippen LogP contribution in [-0.2, 0) is 5.75 Å². The van der Waals surface area contributed by atoms with Crippen LogP contribution in [0.5, 0.6) is 5.75 Å². The first-order chi connectivity index (χ1) is 18.8. The van der Waals surface area contributed by atoms with E-state index in [0.717, 1.165) is 56.0 Å². The van der Waals surface area contributed by atoms with Crippen molar-refractivity contribution in [3.05, 3.63) is 103 Å². The van der Waals surface area contributed by atoms with Crippen LogP contribution in [0.4, 0.5) is 0 Å². The van der Waals surface area contributed by atoms with Gasteiger partial charge >= 0.3 is 0 Å². The molecular weight excluding hydrogens is 496 g/mol. The number of aromatic amines is 1. The Bertz CT molecular complexity index is 1650. The van der Waals surface area contributed by atoms with Crippen LogP contribution in [0.15, 0.2) is 102 Å². The summed E-state index contributed by atoms with van der Waals surface area (Å²) in [6.45, 7) is 0. The number of aromatic nitrogens is 8. The van der Waals surface area contributed by atoms with Crippen molar-refractivity contribution in [3.8, 4) is 45.3 Å². The Morgan fingerprint density at radius 1 is 0.789 bits per heavy atom. The second-order valence-electron chi connectivity index (χ2n) is 8.32. The van der Waals surface area contributed by atoms with E-state index in [2.05, 4.69) is 66.1 Å². The van der Waals surface area contributed by atoms with Gasteiger partial charge in [0.2, 0.25) is 5.82 Å². The summed E-state index contributed by atoms with van der Waals surface area (Å²) < 4.78 is 7.69. The van der Waals surface area contributed by atoms with E-state index in [-0.39, 0.29) is 0 Å². The maximum absolute atomic E-state index is 5.66. The first-order valence-corrected chi connectivity index (χ1v) is 12.8. The monoisotopic (exact) mass is 518 g/mol. The molecule has 0 aliphatic rings. The Morgan fingerprint density at radius 3 is 2.32 bits per heavy atom. The zero-order valence-corrected chi connectivity index (χ0v) is 21.2. The highest BCUT2D eigenvalue weighted by atomic mass is 32.2.